The van der Waals surface area contributed by atoms with Crippen molar-refractivity contribution >= 4 is 23.8 Å². The first kappa shape index (κ1) is 15.1. The number of amides is 2. The molecule has 0 saturated heterocycles. The molecule has 112 valence electrons. The van der Waals surface area contributed by atoms with Crippen LogP contribution in [-0.2, 0) is 4.79 Å². The maximum Gasteiger partial charge on any atom is 0.328 e. The van der Waals surface area contributed by atoms with Crippen molar-refractivity contribution in [2.24, 2.45) is 0 Å². The van der Waals surface area contributed by atoms with Crippen LogP contribution in [-0.4, -0.2) is 35.1 Å². The molecule has 5 nitrogen and oxygen atoms in total. The average molecular weight is 288 g/mol. The summed E-state index contributed by atoms with van der Waals surface area (Å²) >= 11 is 0. The molecule has 0 atom stereocenters. The third-order valence-electron chi connectivity index (χ3n) is 3.75. The minimum Gasteiger partial charge on any atom is -0.478 e. The number of nitrogens with zero attached hydrogens (tertiary/aromatic N) is 1. The fourth-order valence-electron chi connectivity index (χ4n) is 2.56. The van der Waals surface area contributed by atoms with Gasteiger partial charge in [0, 0.05) is 24.9 Å². The maximum atomic E-state index is 12.2. The zero-order valence-electron chi connectivity index (χ0n) is 12.1. The second kappa shape index (κ2) is 6.92. The summed E-state index contributed by atoms with van der Waals surface area (Å²) < 4.78 is 0. The molecule has 2 N–H and O–H groups in total. The van der Waals surface area contributed by atoms with E-state index in [4.69, 9.17) is 5.11 Å². The largest absolute Gasteiger partial charge is 0.478 e. The molecule has 1 fully saturated rings. The summed E-state index contributed by atoms with van der Waals surface area (Å²) in [5.74, 6) is -0.995. The van der Waals surface area contributed by atoms with Gasteiger partial charge in [0.05, 0.1) is 0 Å². The van der Waals surface area contributed by atoms with Crippen molar-refractivity contribution in [3.8, 4) is 0 Å². The number of carbonyl (C=O) groups excluding carboxylic acids is 1. The van der Waals surface area contributed by atoms with Crippen LogP contribution >= 0.6 is 0 Å². The lowest BCUT2D eigenvalue weighted by molar-refractivity contribution is -0.131. The smallest absolute Gasteiger partial charge is 0.328 e. The summed E-state index contributed by atoms with van der Waals surface area (Å²) in [4.78, 5) is 24.4. The normalized spacial score (nSPS) is 15.3. The number of hydrogen-bond donors (Lipinski definition) is 2. The quantitative estimate of drug-likeness (QED) is 0.836. The zero-order chi connectivity index (χ0) is 15.2. The molecule has 1 aliphatic carbocycles. The lowest BCUT2D eigenvalue weighted by atomic mass is 10.2. The lowest BCUT2D eigenvalue weighted by Crippen LogP contribution is -2.38. The molecule has 1 saturated carbocycles. The highest BCUT2D eigenvalue weighted by molar-refractivity contribution is 5.90. The molecule has 0 spiro atoms. The van der Waals surface area contributed by atoms with Gasteiger partial charge in [0.25, 0.3) is 0 Å². The van der Waals surface area contributed by atoms with Gasteiger partial charge in [0.1, 0.15) is 0 Å². The van der Waals surface area contributed by atoms with E-state index in [0.29, 0.717) is 11.7 Å². The Hall–Kier alpha value is -2.30. The summed E-state index contributed by atoms with van der Waals surface area (Å²) in [6, 6.07) is 7.31. The number of urea groups is 1. The van der Waals surface area contributed by atoms with E-state index in [0.717, 1.165) is 24.5 Å². The van der Waals surface area contributed by atoms with E-state index in [-0.39, 0.29) is 6.03 Å². The van der Waals surface area contributed by atoms with Crippen LogP contribution in [0.25, 0.3) is 6.08 Å². The van der Waals surface area contributed by atoms with E-state index in [9.17, 15) is 9.59 Å². The molecule has 0 aliphatic heterocycles. The van der Waals surface area contributed by atoms with E-state index < -0.39 is 5.97 Å². The van der Waals surface area contributed by atoms with Crippen molar-refractivity contribution in [3.05, 3.63) is 35.9 Å². The Labute approximate surface area is 124 Å². The number of carbonyl (C=O) groups is 2. The van der Waals surface area contributed by atoms with E-state index in [1.54, 1.807) is 29.2 Å². The molecule has 2 rings (SSSR count). The molecule has 2 amide bonds. The second-order valence-corrected chi connectivity index (χ2v) is 5.28. The number of carboxylic acid groups (broad SMARTS) is 1. The molecular formula is C16H20N2O3. The highest BCUT2D eigenvalue weighted by Gasteiger charge is 2.23. The molecule has 21 heavy (non-hydrogen) atoms. The first-order chi connectivity index (χ1) is 10.1. The third kappa shape index (κ3) is 4.34. The van der Waals surface area contributed by atoms with Crippen molar-refractivity contribution < 1.29 is 14.7 Å². The molecule has 0 bridgehead atoms. The molecule has 1 aliphatic rings. The number of benzene rings is 1. The van der Waals surface area contributed by atoms with Gasteiger partial charge in [-0.05, 0) is 36.6 Å². The van der Waals surface area contributed by atoms with E-state index >= 15 is 0 Å². The van der Waals surface area contributed by atoms with Crippen LogP contribution in [0.5, 0.6) is 0 Å². The van der Waals surface area contributed by atoms with E-state index in [1.807, 2.05) is 7.05 Å². The fraction of sp³-hybridized carbons (Fsp3) is 0.375. The molecular weight excluding hydrogens is 268 g/mol. The Morgan fingerprint density at radius 1 is 1.33 bits per heavy atom. The number of anilines is 1. The average Bonchev–Trinajstić information content (AvgIpc) is 2.98. The fourth-order valence-corrected chi connectivity index (χ4v) is 2.56. The molecule has 5 heteroatoms. The van der Waals surface area contributed by atoms with E-state index in [2.05, 4.69) is 5.32 Å². The first-order valence-corrected chi connectivity index (χ1v) is 7.11. The molecule has 0 aromatic heterocycles. The predicted molar refractivity (Wildman–Crippen MR) is 82.1 cm³/mol. The standard InChI is InChI=1S/C16H20N2O3/c1-18(14-7-2-3-8-14)16(21)17-13-6-4-5-12(11-13)9-10-15(19)20/h4-6,9-11,14H,2-3,7-8H2,1H3,(H,17,21)(H,19,20)/b10-9+. The van der Waals surface area contributed by atoms with Crippen molar-refractivity contribution in [1.29, 1.82) is 0 Å². The summed E-state index contributed by atoms with van der Waals surface area (Å²) in [5, 5.41) is 11.5. The van der Waals surface area contributed by atoms with Crippen molar-refractivity contribution in [2.45, 2.75) is 31.7 Å². The molecule has 1 aromatic carbocycles. The van der Waals surface area contributed by atoms with Gasteiger partial charge in [-0.3, -0.25) is 0 Å². The van der Waals surface area contributed by atoms with Gasteiger partial charge in [-0.1, -0.05) is 25.0 Å². The number of aliphatic carboxylic acids is 1. The van der Waals surface area contributed by atoms with Gasteiger partial charge in [-0.15, -0.1) is 0 Å². The van der Waals surface area contributed by atoms with Crippen LogP contribution in [0.15, 0.2) is 30.3 Å². The van der Waals surface area contributed by atoms with E-state index in [1.165, 1.54) is 18.9 Å². The number of hydrogen-bond acceptors (Lipinski definition) is 2. The van der Waals surface area contributed by atoms with Gasteiger partial charge < -0.3 is 15.3 Å². The number of rotatable bonds is 4. The van der Waals surface area contributed by atoms with Crippen LogP contribution in [0, 0.1) is 0 Å². The Morgan fingerprint density at radius 3 is 2.71 bits per heavy atom. The molecule has 0 heterocycles. The topological polar surface area (TPSA) is 69.6 Å². The van der Waals surface area contributed by atoms with Crippen molar-refractivity contribution in [1.82, 2.24) is 4.90 Å². The van der Waals surface area contributed by atoms with Crippen LogP contribution in [0.2, 0.25) is 0 Å². The molecule has 1 aromatic rings. The number of carboxylic acids is 1. The Balaban J connectivity index is 2.00. The third-order valence-corrected chi connectivity index (χ3v) is 3.75. The Bertz CT molecular complexity index is 548. The van der Waals surface area contributed by atoms with Crippen LogP contribution in [0.4, 0.5) is 10.5 Å². The highest BCUT2D eigenvalue weighted by Crippen LogP contribution is 2.23. The zero-order valence-corrected chi connectivity index (χ0v) is 12.1. The minimum atomic E-state index is -0.995. The van der Waals surface area contributed by atoms with Gasteiger partial charge in [0.15, 0.2) is 0 Å². The maximum absolute atomic E-state index is 12.2. The first-order valence-electron chi connectivity index (χ1n) is 7.11. The highest BCUT2D eigenvalue weighted by atomic mass is 16.4. The van der Waals surface area contributed by atoms with Gasteiger partial charge in [-0.2, -0.15) is 0 Å². The predicted octanol–water partition coefficient (Wildman–Crippen LogP) is 3.19. The summed E-state index contributed by atoms with van der Waals surface area (Å²) in [6.45, 7) is 0. The number of nitrogens with one attached hydrogen (secondary N) is 1. The van der Waals surface area contributed by atoms with Gasteiger partial charge in [0.2, 0.25) is 0 Å². The Morgan fingerprint density at radius 2 is 2.05 bits per heavy atom. The lowest BCUT2D eigenvalue weighted by Gasteiger charge is -2.24. The molecule has 0 unspecified atom stereocenters. The summed E-state index contributed by atoms with van der Waals surface area (Å²) in [5.41, 5.74) is 1.40. The second-order valence-electron chi connectivity index (χ2n) is 5.28. The SMILES string of the molecule is CN(C(=O)Nc1cccc(/C=C/C(=O)O)c1)C1CCCC1. The van der Waals surface area contributed by atoms with Crippen LogP contribution in [0.3, 0.4) is 0 Å². The van der Waals surface area contributed by atoms with Crippen molar-refractivity contribution in [2.75, 3.05) is 12.4 Å². The minimum absolute atomic E-state index is 0.124. The van der Waals surface area contributed by atoms with Crippen molar-refractivity contribution in [3.63, 3.8) is 0 Å². The molecule has 0 radical (unpaired) electrons. The van der Waals surface area contributed by atoms with Gasteiger partial charge >= 0.3 is 12.0 Å². The van der Waals surface area contributed by atoms with Crippen LogP contribution in [0.1, 0.15) is 31.2 Å². The summed E-state index contributed by atoms with van der Waals surface area (Å²) in [6.07, 6.45) is 7.05. The van der Waals surface area contributed by atoms with Crippen LogP contribution < -0.4 is 5.32 Å². The Kier molecular flexibility index (Phi) is 4.98. The summed E-state index contributed by atoms with van der Waals surface area (Å²) in [7, 11) is 1.82. The van der Waals surface area contributed by atoms with Gasteiger partial charge in [-0.25, -0.2) is 9.59 Å². The monoisotopic (exact) mass is 288 g/mol.